The maximum absolute atomic E-state index is 12.0. The van der Waals surface area contributed by atoms with Crippen molar-refractivity contribution in [2.45, 2.75) is 19.9 Å². The van der Waals surface area contributed by atoms with Crippen LogP contribution in [-0.4, -0.2) is 21.1 Å². The molecular formula is C12H14N4O. The Balaban J connectivity index is 2.10. The SMILES string of the molecule is Cc1cccnc1C(=O)NC(C)c1cn[nH]c1. The molecule has 88 valence electrons. The smallest absolute Gasteiger partial charge is 0.270 e. The fourth-order valence-corrected chi connectivity index (χ4v) is 1.57. The van der Waals surface area contributed by atoms with E-state index >= 15 is 0 Å². The molecule has 0 aliphatic rings. The Bertz CT molecular complexity index is 507. The zero-order valence-electron chi connectivity index (χ0n) is 9.77. The predicted molar refractivity (Wildman–Crippen MR) is 63.4 cm³/mol. The van der Waals surface area contributed by atoms with Gasteiger partial charge in [-0.1, -0.05) is 6.07 Å². The lowest BCUT2D eigenvalue weighted by molar-refractivity contribution is 0.0934. The second-order valence-corrected chi connectivity index (χ2v) is 3.90. The molecule has 2 N–H and O–H groups in total. The van der Waals surface area contributed by atoms with E-state index in [2.05, 4.69) is 20.5 Å². The summed E-state index contributed by atoms with van der Waals surface area (Å²) in [4.78, 5) is 16.0. The fraction of sp³-hybridized carbons (Fsp3) is 0.250. The van der Waals surface area contributed by atoms with Crippen molar-refractivity contribution in [1.82, 2.24) is 20.5 Å². The van der Waals surface area contributed by atoms with Gasteiger partial charge in [-0.3, -0.25) is 14.9 Å². The first-order valence-corrected chi connectivity index (χ1v) is 5.39. The highest BCUT2D eigenvalue weighted by molar-refractivity contribution is 5.93. The van der Waals surface area contributed by atoms with Crippen LogP contribution < -0.4 is 5.32 Å². The molecule has 0 radical (unpaired) electrons. The molecule has 17 heavy (non-hydrogen) atoms. The van der Waals surface area contributed by atoms with Gasteiger partial charge in [-0.25, -0.2) is 0 Å². The number of hydrogen-bond donors (Lipinski definition) is 2. The molecule has 5 nitrogen and oxygen atoms in total. The van der Waals surface area contributed by atoms with Crippen molar-refractivity contribution in [2.24, 2.45) is 0 Å². The van der Waals surface area contributed by atoms with E-state index in [-0.39, 0.29) is 11.9 Å². The maximum atomic E-state index is 12.0. The van der Waals surface area contributed by atoms with Gasteiger partial charge in [0.15, 0.2) is 0 Å². The molecule has 5 heteroatoms. The number of nitrogens with zero attached hydrogens (tertiary/aromatic N) is 2. The normalized spacial score (nSPS) is 12.1. The van der Waals surface area contributed by atoms with Crippen LogP contribution in [0.4, 0.5) is 0 Å². The minimum absolute atomic E-state index is 0.0948. The number of amides is 1. The number of nitrogens with one attached hydrogen (secondary N) is 2. The third kappa shape index (κ3) is 2.50. The molecular weight excluding hydrogens is 216 g/mol. The largest absolute Gasteiger partial charge is 0.344 e. The van der Waals surface area contributed by atoms with E-state index in [0.717, 1.165) is 11.1 Å². The zero-order valence-corrected chi connectivity index (χ0v) is 9.77. The van der Waals surface area contributed by atoms with Gasteiger partial charge in [-0.2, -0.15) is 5.10 Å². The van der Waals surface area contributed by atoms with Gasteiger partial charge >= 0.3 is 0 Å². The third-order valence-corrected chi connectivity index (χ3v) is 2.59. The number of carbonyl (C=O) groups excluding carboxylic acids is 1. The van der Waals surface area contributed by atoms with Crippen molar-refractivity contribution in [1.29, 1.82) is 0 Å². The highest BCUT2D eigenvalue weighted by Crippen LogP contribution is 2.11. The Morgan fingerprint density at radius 2 is 2.35 bits per heavy atom. The van der Waals surface area contributed by atoms with Crippen LogP contribution >= 0.6 is 0 Å². The molecule has 0 aliphatic carbocycles. The van der Waals surface area contributed by atoms with Crippen molar-refractivity contribution in [2.75, 3.05) is 0 Å². The fourth-order valence-electron chi connectivity index (χ4n) is 1.57. The summed E-state index contributed by atoms with van der Waals surface area (Å²) in [7, 11) is 0. The second kappa shape index (κ2) is 4.78. The number of aromatic nitrogens is 3. The lowest BCUT2D eigenvalue weighted by Crippen LogP contribution is -2.27. The molecule has 0 aliphatic heterocycles. The number of aryl methyl sites for hydroxylation is 1. The van der Waals surface area contributed by atoms with E-state index in [1.807, 2.05) is 26.0 Å². The quantitative estimate of drug-likeness (QED) is 0.841. The number of H-pyrrole nitrogens is 1. The van der Waals surface area contributed by atoms with Crippen LogP contribution in [0.2, 0.25) is 0 Å². The topological polar surface area (TPSA) is 70.7 Å². The molecule has 2 aromatic rings. The van der Waals surface area contributed by atoms with E-state index in [1.54, 1.807) is 18.6 Å². The number of hydrogen-bond acceptors (Lipinski definition) is 3. The molecule has 0 bridgehead atoms. The minimum atomic E-state index is -0.170. The zero-order chi connectivity index (χ0) is 12.3. The summed E-state index contributed by atoms with van der Waals surface area (Å²) >= 11 is 0. The van der Waals surface area contributed by atoms with Crippen LogP contribution in [0.1, 0.15) is 34.6 Å². The maximum Gasteiger partial charge on any atom is 0.270 e. The molecule has 0 saturated heterocycles. The number of carbonyl (C=O) groups is 1. The van der Waals surface area contributed by atoms with Gasteiger partial charge in [-0.15, -0.1) is 0 Å². The average molecular weight is 230 g/mol. The third-order valence-electron chi connectivity index (χ3n) is 2.59. The van der Waals surface area contributed by atoms with Crippen molar-refractivity contribution in [3.05, 3.63) is 47.5 Å². The van der Waals surface area contributed by atoms with Gasteiger partial charge < -0.3 is 5.32 Å². The Labute approximate surface area is 99.3 Å². The summed E-state index contributed by atoms with van der Waals surface area (Å²) in [6, 6.07) is 3.58. The first-order chi connectivity index (χ1) is 8.18. The molecule has 0 saturated carbocycles. The second-order valence-electron chi connectivity index (χ2n) is 3.90. The van der Waals surface area contributed by atoms with Gasteiger partial charge in [0.2, 0.25) is 0 Å². The van der Waals surface area contributed by atoms with Crippen LogP contribution in [-0.2, 0) is 0 Å². The molecule has 0 spiro atoms. The van der Waals surface area contributed by atoms with E-state index < -0.39 is 0 Å². The van der Waals surface area contributed by atoms with Crippen LogP contribution in [0.3, 0.4) is 0 Å². The highest BCUT2D eigenvalue weighted by Gasteiger charge is 2.14. The average Bonchev–Trinajstić information content (AvgIpc) is 2.82. The van der Waals surface area contributed by atoms with Crippen LogP contribution in [0.15, 0.2) is 30.7 Å². The lowest BCUT2D eigenvalue weighted by atomic mass is 10.1. The van der Waals surface area contributed by atoms with Gasteiger partial charge in [0.1, 0.15) is 5.69 Å². The summed E-state index contributed by atoms with van der Waals surface area (Å²) in [5.41, 5.74) is 2.26. The number of pyridine rings is 1. The number of aromatic amines is 1. The monoisotopic (exact) mass is 230 g/mol. The van der Waals surface area contributed by atoms with Crippen LogP contribution in [0, 0.1) is 6.92 Å². The van der Waals surface area contributed by atoms with Crippen LogP contribution in [0.5, 0.6) is 0 Å². The number of rotatable bonds is 3. The molecule has 2 rings (SSSR count). The molecule has 0 fully saturated rings. The molecule has 0 aromatic carbocycles. The van der Waals surface area contributed by atoms with Gasteiger partial charge in [0.05, 0.1) is 12.2 Å². The summed E-state index contributed by atoms with van der Waals surface area (Å²) in [6.07, 6.45) is 5.07. The molecule has 2 aromatic heterocycles. The molecule has 1 atom stereocenters. The Morgan fingerprint density at radius 1 is 1.53 bits per heavy atom. The van der Waals surface area contributed by atoms with Gasteiger partial charge in [0.25, 0.3) is 5.91 Å². The standard InChI is InChI=1S/C12H14N4O/c1-8-4-3-5-13-11(8)12(17)16-9(2)10-6-14-15-7-10/h3-7,9H,1-2H3,(H,14,15)(H,16,17). The molecule has 1 amide bonds. The van der Waals surface area contributed by atoms with Crippen molar-refractivity contribution >= 4 is 5.91 Å². The molecule has 2 heterocycles. The molecule has 1 unspecified atom stereocenters. The highest BCUT2D eigenvalue weighted by atomic mass is 16.1. The minimum Gasteiger partial charge on any atom is -0.344 e. The van der Waals surface area contributed by atoms with E-state index in [1.165, 1.54) is 0 Å². The Hall–Kier alpha value is -2.17. The summed E-state index contributed by atoms with van der Waals surface area (Å²) in [5.74, 6) is -0.170. The van der Waals surface area contributed by atoms with Crippen molar-refractivity contribution in [3.63, 3.8) is 0 Å². The van der Waals surface area contributed by atoms with E-state index in [4.69, 9.17) is 0 Å². The van der Waals surface area contributed by atoms with E-state index in [0.29, 0.717) is 5.69 Å². The van der Waals surface area contributed by atoms with E-state index in [9.17, 15) is 4.79 Å². The summed E-state index contributed by atoms with van der Waals surface area (Å²) in [5, 5.41) is 9.44. The van der Waals surface area contributed by atoms with Crippen LogP contribution in [0.25, 0.3) is 0 Å². The Morgan fingerprint density at radius 3 is 3.00 bits per heavy atom. The van der Waals surface area contributed by atoms with Crippen molar-refractivity contribution < 1.29 is 4.79 Å². The van der Waals surface area contributed by atoms with Crippen molar-refractivity contribution in [3.8, 4) is 0 Å². The first-order valence-electron chi connectivity index (χ1n) is 5.39. The van der Waals surface area contributed by atoms with Gasteiger partial charge in [0, 0.05) is 18.0 Å². The Kier molecular flexibility index (Phi) is 3.18. The predicted octanol–water partition coefficient (Wildman–Crippen LogP) is 1.60. The first kappa shape index (κ1) is 11.3. The van der Waals surface area contributed by atoms with Gasteiger partial charge in [-0.05, 0) is 25.5 Å². The lowest BCUT2D eigenvalue weighted by Gasteiger charge is -2.12. The summed E-state index contributed by atoms with van der Waals surface area (Å²) < 4.78 is 0. The summed E-state index contributed by atoms with van der Waals surface area (Å²) in [6.45, 7) is 3.77.